The summed E-state index contributed by atoms with van der Waals surface area (Å²) in [6, 6.07) is 9.14. The highest BCUT2D eigenvalue weighted by molar-refractivity contribution is 8.00. The van der Waals surface area contributed by atoms with E-state index in [0.29, 0.717) is 27.6 Å². The lowest BCUT2D eigenvalue weighted by atomic mass is 10.2. The second-order valence-electron chi connectivity index (χ2n) is 6.40. The number of nitrogens with one attached hydrogen (secondary N) is 1. The number of anilines is 1. The van der Waals surface area contributed by atoms with Gasteiger partial charge < -0.3 is 4.52 Å². The third-order valence-corrected chi connectivity index (χ3v) is 5.28. The summed E-state index contributed by atoms with van der Waals surface area (Å²) in [4.78, 5) is 29.9. The molecule has 1 fully saturated rings. The van der Waals surface area contributed by atoms with Crippen molar-refractivity contribution >= 4 is 34.5 Å². The summed E-state index contributed by atoms with van der Waals surface area (Å²) in [5.74, 6) is 0.0851. The topological polar surface area (TPSA) is 90.0 Å². The van der Waals surface area contributed by atoms with E-state index in [9.17, 15) is 9.59 Å². The van der Waals surface area contributed by atoms with Crippen molar-refractivity contribution in [1.29, 1.82) is 0 Å². The number of carbonyl (C=O) groups excluding carboxylic acids is 1. The van der Waals surface area contributed by atoms with Crippen molar-refractivity contribution < 1.29 is 9.32 Å². The van der Waals surface area contributed by atoms with Crippen LogP contribution in [0.3, 0.4) is 0 Å². The number of para-hydroxylation sites is 1. The molecule has 1 aromatic carbocycles. The van der Waals surface area contributed by atoms with Gasteiger partial charge in [0, 0.05) is 12.1 Å². The van der Waals surface area contributed by atoms with E-state index in [1.807, 2.05) is 18.2 Å². The van der Waals surface area contributed by atoms with Crippen molar-refractivity contribution in [3.05, 3.63) is 46.4 Å². The second kappa shape index (κ2) is 6.60. The van der Waals surface area contributed by atoms with Crippen LogP contribution in [-0.4, -0.2) is 25.9 Å². The number of hydrogen-bond donors (Lipinski definition) is 1. The molecule has 134 valence electrons. The summed E-state index contributed by atoms with van der Waals surface area (Å²) in [7, 11) is 0. The number of fused-ring (bicyclic) bond motifs is 1. The number of aromatic nitrogens is 3. The van der Waals surface area contributed by atoms with Gasteiger partial charge in [-0.2, -0.15) is 0 Å². The molecule has 1 aliphatic carbocycles. The predicted molar refractivity (Wildman–Crippen MR) is 99.5 cm³/mol. The van der Waals surface area contributed by atoms with E-state index in [2.05, 4.69) is 15.5 Å². The molecule has 3 aromatic rings. The molecule has 7 nitrogen and oxygen atoms in total. The fourth-order valence-corrected chi connectivity index (χ4v) is 3.70. The third-order valence-electron chi connectivity index (χ3n) is 4.21. The van der Waals surface area contributed by atoms with E-state index in [1.54, 1.807) is 30.5 Å². The van der Waals surface area contributed by atoms with E-state index in [0.717, 1.165) is 12.8 Å². The number of rotatable bonds is 5. The van der Waals surface area contributed by atoms with Crippen LogP contribution in [0, 0.1) is 6.92 Å². The number of carbonyl (C=O) groups is 1. The van der Waals surface area contributed by atoms with Gasteiger partial charge in [0.2, 0.25) is 11.8 Å². The second-order valence-corrected chi connectivity index (χ2v) is 7.71. The molecular formula is C18H18N4O3S. The Morgan fingerprint density at radius 2 is 2.15 bits per heavy atom. The molecule has 2 aromatic heterocycles. The van der Waals surface area contributed by atoms with Gasteiger partial charge in [-0.25, -0.2) is 4.98 Å². The molecule has 1 N–H and O–H groups in total. The molecule has 0 bridgehead atoms. The van der Waals surface area contributed by atoms with Crippen LogP contribution < -0.4 is 10.9 Å². The standard InChI is InChI=1S/C18H18N4O3S/c1-10-9-15(25-21-10)20-16(23)11(2)26-18-19-14-6-4-3-5-13(14)17(24)22(18)12-7-8-12/h3-6,9,11-12H,7-8H2,1-2H3,(H,20,23)/t11-/m0/s1. The van der Waals surface area contributed by atoms with Gasteiger partial charge in [0.15, 0.2) is 5.16 Å². The fraction of sp³-hybridized carbons (Fsp3) is 0.333. The van der Waals surface area contributed by atoms with Gasteiger partial charge in [-0.05, 0) is 38.8 Å². The molecule has 26 heavy (non-hydrogen) atoms. The Morgan fingerprint density at radius 1 is 1.38 bits per heavy atom. The lowest BCUT2D eigenvalue weighted by Crippen LogP contribution is -2.26. The molecule has 1 amide bonds. The molecule has 0 unspecified atom stereocenters. The Hall–Kier alpha value is -2.61. The third kappa shape index (κ3) is 3.24. The van der Waals surface area contributed by atoms with Crippen molar-refractivity contribution in [2.45, 2.75) is 43.1 Å². The molecule has 2 heterocycles. The first-order chi connectivity index (χ1) is 12.5. The van der Waals surface area contributed by atoms with Crippen LogP contribution >= 0.6 is 11.8 Å². The van der Waals surface area contributed by atoms with E-state index < -0.39 is 5.25 Å². The van der Waals surface area contributed by atoms with Gasteiger partial charge in [0.05, 0.1) is 21.8 Å². The van der Waals surface area contributed by atoms with Crippen LogP contribution in [0.1, 0.15) is 31.5 Å². The normalized spacial score (nSPS) is 15.2. The Morgan fingerprint density at radius 3 is 2.85 bits per heavy atom. The highest BCUT2D eigenvalue weighted by Crippen LogP contribution is 2.37. The zero-order valence-electron chi connectivity index (χ0n) is 14.4. The molecule has 1 aliphatic rings. The number of benzene rings is 1. The first-order valence-corrected chi connectivity index (χ1v) is 9.33. The molecule has 0 spiro atoms. The number of aryl methyl sites for hydroxylation is 1. The summed E-state index contributed by atoms with van der Waals surface area (Å²) < 4.78 is 6.75. The quantitative estimate of drug-likeness (QED) is 0.548. The van der Waals surface area contributed by atoms with Crippen molar-refractivity contribution in [2.24, 2.45) is 0 Å². The highest BCUT2D eigenvalue weighted by Gasteiger charge is 2.30. The smallest absolute Gasteiger partial charge is 0.262 e. The molecular weight excluding hydrogens is 352 g/mol. The summed E-state index contributed by atoms with van der Waals surface area (Å²) in [6.07, 6.45) is 1.93. The molecule has 0 aliphatic heterocycles. The van der Waals surface area contributed by atoms with Crippen molar-refractivity contribution in [2.75, 3.05) is 5.32 Å². The van der Waals surface area contributed by atoms with Crippen molar-refractivity contribution in [3.8, 4) is 0 Å². The van der Waals surface area contributed by atoms with Gasteiger partial charge in [-0.15, -0.1) is 0 Å². The van der Waals surface area contributed by atoms with Crippen LogP contribution in [0.25, 0.3) is 10.9 Å². The van der Waals surface area contributed by atoms with Crippen molar-refractivity contribution in [1.82, 2.24) is 14.7 Å². The van der Waals surface area contributed by atoms with E-state index in [1.165, 1.54) is 11.8 Å². The van der Waals surface area contributed by atoms with Gasteiger partial charge in [-0.1, -0.05) is 29.1 Å². The average molecular weight is 370 g/mol. The average Bonchev–Trinajstić information content (AvgIpc) is 3.37. The maximum absolute atomic E-state index is 12.9. The summed E-state index contributed by atoms with van der Waals surface area (Å²) in [6.45, 7) is 3.56. The highest BCUT2D eigenvalue weighted by atomic mass is 32.2. The first-order valence-electron chi connectivity index (χ1n) is 8.45. The minimum atomic E-state index is -0.446. The zero-order chi connectivity index (χ0) is 18.3. The number of nitrogens with zero attached hydrogens (tertiary/aromatic N) is 3. The summed E-state index contributed by atoms with van der Waals surface area (Å²) in [5, 5.41) is 7.18. The lowest BCUT2D eigenvalue weighted by Gasteiger charge is -2.15. The van der Waals surface area contributed by atoms with Crippen LogP contribution in [0.5, 0.6) is 0 Å². The van der Waals surface area contributed by atoms with Gasteiger partial charge >= 0.3 is 0 Å². The monoisotopic (exact) mass is 370 g/mol. The van der Waals surface area contributed by atoms with Gasteiger partial charge in [0.25, 0.3) is 5.56 Å². The molecule has 4 rings (SSSR count). The summed E-state index contributed by atoms with van der Waals surface area (Å²) in [5.41, 5.74) is 1.30. The predicted octanol–water partition coefficient (Wildman–Crippen LogP) is 3.15. The van der Waals surface area contributed by atoms with Crippen LogP contribution in [0.2, 0.25) is 0 Å². The summed E-state index contributed by atoms with van der Waals surface area (Å²) >= 11 is 1.28. The molecule has 8 heteroatoms. The first kappa shape index (κ1) is 16.8. The molecule has 0 saturated heterocycles. The Labute approximate surface area is 153 Å². The molecule has 1 atom stereocenters. The minimum Gasteiger partial charge on any atom is -0.338 e. The number of hydrogen-bond acceptors (Lipinski definition) is 6. The lowest BCUT2D eigenvalue weighted by molar-refractivity contribution is -0.115. The van der Waals surface area contributed by atoms with E-state index in [4.69, 9.17) is 4.52 Å². The molecule has 1 saturated carbocycles. The van der Waals surface area contributed by atoms with E-state index >= 15 is 0 Å². The van der Waals surface area contributed by atoms with Gasteiger partial charge in [0.1, 0.15) is 0 Å². The SMILES string of the molecule is Cc1cc(NC(=O)[C@H](C)Sc2nc3ccccc3c(=O)n2C2CC2)on1. The Bertz CT molecular complexity index is 1040. The van der Waals surface area contributed by atoms with Crippen molar-refractivity contribution in [3.63, 3.8) is 0 Å². The Kier molecular flexibility index (Phi) is 4.28. The minimum absolute atomic E-state index is 0.0425. The largest absolute Gasteiger partial charge is 0.338 e. The maximum Gasteiger partial charge on any atom is 0.262 e. The van der Waals surface area contributed by atoms with Crippen LogP contribution in [-0.2, 0) is 4.79 Å². The maximum atomic E-state index is 12.9. The number of thioether (sulfide) groups is 1. The van der Waals surface area contributed by atoms with Gasteiger partial charge in [-0.3, -0.25) is 19.5 Å². The van der Waals surface area contributed by atoms with Crippen LogP contribution in [0.4, 0.5) is 5.88 Å². The Balaban J connectivity index is 1.62. The zero-order valence-corrected chi connectivity index (χ0v) is 15.2. The number of amides is 1. The van der Waals surface area contributed by atoms with E-state index in [-0.39, 0.29) is 17.5 Å². The fourth-order valence-electron chi connectivity index (χ4n) is 2.72. The van der Waals surface area contributed by atoms with Crippen LogP contribution in [0.15, 0.2) is 44.8 Å². The molecule has 0 radical (unpaired) electrons.